The number of hydrogen-bond acceptors (Lipinski definition) is 1. The van der Waals surface area contributed by atoms with Gasteiger partial charge in [-0.3, -0.25) is 0 Å². The lowest BCUT2D eigenvalue weighted by Gasteiger charge is -1.97. The third-order valence-electron chi connectivity index (χ3n) is 2.64. The highest BCUT2D eigenvalue weighted by molar-refractivity contribution is 9.10. The average molecular weight is 333 g/mol. The van der Waals surface area contributed by atoms with Gasteiger partial charge in [-0.2, -0.15) is 0 Å². The van der Waals surface area contributed by atoms with E-state index >= 15 is 0 Å². The van der Waals surface area contributed by atoms with Gasteiger partial charge in [-0.15, -0.1) is 0 Å². The van der Waals surface area contributed by atoms with Gasteiger partial charge in [0.05, 0.1) is 5.69 Å². The summed E-state index contributed by atoms with van der Waals surface area (Å²) in [6.07, 6.45) is 11.8. The van der Waals surface area contributed by atoms with Crippen LogP contribution in [-0.2, 0) is 0 Å². The van der Waals surface area contributed by atoms with Crippen LogP contribution in [0.25, 0.3) is 11.2 Å². The predicted molar refractivity (Wildman–Crippen MR) is 92.0 cm³/mol. The first-order valence-corrected chi connectivity index (χ1v) is 7.55. The molecule has 2 rings (SSSR count). The van der Waals surface area contributed by atoms with E-state index in [4.69, 9.17) is 0 Å². The summed E-state index contributed by atoms with van der Waals surface area (Å²) in [7, 11) is 0. The fourth-order valence-electron chi connectivity index (χ4n) is 1.90. The number of nitrogens with zero attached hydrogens (tertiary/aromatic N) is 2. The molecule has 2 aromatic rings. The molecule has 2 nitrogen and oxygen atoms in total. The summed E-state index contributed by atoms with van der Waals surface area (Å²) in [5.41, 5.74) is 4.14. The van der Waals surface area contributed by atoms with E-state index < -0.39 is 0 Å². The highest BCUT2D eigenvalue weighted by atomic mass is 79.9. The summed E-state index contributed by atoms with van der Waals surface area (Å²) in [6, 6.07) is 2.07. The molecule has 106 valence electrons. The van der Waals surface area contributed by atoms with Crippen LogP contribution in [0.3, 0.4) is 0 Å². The minimum absolute atomic E-state index is 0.953. The quantitative estimate of drug-likeness (QED) is 0.671. The maximum Gasteiger partial charge on any atom is 0.140 e. The molecule has 0 atom stereocenters. The van der Waals surface area contributed by atoms with Crippen molar-refractivity contribution in [2.45, 2.75) is 27.7 Å². The van der Waals surface area contributed by atoms with Crippen molar-refractivity contribution in [1.82, 2.24) is 9.38 Å². The molecule has 0 saturated carbocycles. The van der Waals surface area contributed by atoms with Crippen LogP contribution in [0.5, 0.6) is 0 Å². The molecule has 2 aromatic heterocycles. The smallest absolute Gasteiger partial charge is 0.140 e. The van der Waals surface area contributed by atoms with Crippen molar-refractivity contribution in [3.63, 3.8) is 0 Å². The van der Waals surface area contributed by atoms with Gasteiger partial charge < -0.3 is 4.40 Å². The van der Waals surface area contributed by atoms with E-state index in [1.165, 1.54) is 0 Å². The Labute approximate surface area is 129 Å². The molecule has 0 radical (unpaired) electrons. The number of hydrogen-bond donors (Lipinski definition) is 0. The van der Waals surface area contributed by atoms with Gasteiger partial charge in [0, 0.05) is 22.4 Å². The number of halogens is 1. The summed E-state index contributed by atoms with van der Waals surface area (Å²) in [5.74, 6) is 0. The largest absolute Gasteiger partial charge is 0.305 e. The molecular formula is C17H21BrN2. The van der Waals surface area contributed by atoms with Crippen LogP contribution in [0.15, 0.2) is 53.8 Å². The van der Waals surface area contributed by atoms with Gasteiger partial charge in [0.25, 0.3) is 0 Å². The molecule has 20 heavy (non-hydrogen) atoms. The molecule has 0 spiro atoms. The van der Waals surface area contributed by atoms with E-state index in [1.807, 2.05) is 55.8 Å². The number of imidazole rings is 1. The van der Waals surface area contributed by atoms with Crippen molar-refractivity contribution < 1.29 is 0 Å². The number of fused-ring (bicyclic) bond motifs is 1. The Morgan fingerprint density at radius 1 is 1.35 bits per heavy atom. The van der Waals surface area contributed by atoms with E-state index in [-0.39, 0.29) is 0 Å². The molecule has 0 unspecified atom stereocenters. The Bertz CT molecular complexity index is 648. The Kier molecular flexibility index (Phi) is 6.46. The van der Waals surface area contributed by atoms with Crippen molar-refractivity contribution in [3.05, 3.63) is 65.1 Å². The highest BCUT2D eigenvalue weighted by Gasteiger charge is 2.07. The second kappa shape index (κ2) is 7.85. The topological polar surface area (TPSA) is 17.3 Å². The van der Waals surface area contributed by atoms with E-state index in [2.05, 4.69) is 40.5 Å². The maximum absolute atomic E-state index is 4.67. The normalized spacial score (nSPS) is 11.6. The lowest BCUT2D eigenvalue weighted by Crippen LogP contribution is -1.86. The monoisotopic (exact) mass is 332 g/mol. The first-order chi connectivity index (χ1) is 9.65. The van der Waals surface area contributed by atoms with Crippen molar-refractivity contribution >= 4 is 27.2 Å². The van der Waals surface area contributed by atoms with Crippen LogP contribution < -0.4 is 0 Å². The van der Waals surface area contributed by atoms with Gasteiger partial charge in [-0.25, -0.2) is 4.98 Å². The second-order valence-corrected chi connectivity index (χ2v) is 4.97. The Balaban J connectivity index is 0.000000956. The molecule has 2 heterocycles. The van der Waals surface area contributed by atoms with Gasteiger partial charge in [0.15, 0.2) is 0 Å². The van der Waals surface area contributed by atoms with Crippen molar-refractivity contribution in [2.24, 2.45) is 0 Å². The van der Waals surface area contributed by atoms with E-state index in [0.717, 1.165) is 27.0 Å². The van der Waals surface area contributed by atoms with Gasteiger partial charge in [-0.1, -0.05) is 44.7 Å². The number of pyridine rings is 1. The molecular weight excluding hydrogens is 312 g/mol. The van der Waals surface area contributed by atoms with Gasteiger partial charge >= 0.3 is 0 Å². The van der Waals surface area contributed by atoms with E-state index in [9.17, 15) is 0 Å². The van der Waals surface area contributed by atoms with Crippen molar-refractivity contribution in [2.75, 3.05) is 0 Å². The standard InChI is InChI=1S/C15H15BrN2.C2H6/c1-4-6-12(7-5-2)14-10-18-9-13(16)8-11(3)15(18)17-14;1-2/h4-10H,1H2,2-3H3;1-2H3/b7-5-,12-6+;. The number of allylic oxidation sites excluding steroid dienone is 5. The average Bonchev–Trinajstić information content (AvgIpc) is 2.85. The molecule has 0 aliphatic rings. The minimum Gasteiger partial charge on any atom is -0.305 e. The fraction of sp³-hybridized carbons (Fsp3) is 0.235. The molecule has 0 aliphatic heterocycles. The van der Waals surface area contributed by atoms with Crippen LogP contribution in [0.2, 0.25) is 0 Å². The van der Waals surface area contributed by atoms with Crippen molar-refractivity contribution in [1.29, 1.82) is 0 Å². The lowest BCUT2D eigenvalue weighted by molar-refractivity contribution is 1.15. The minimum atomic E-state index is 0.953. The van der Waals surface area contributed by atoms with Gasteiger partial charge in [0.1, 0.15) is 5.65 Å². The first-order valence-electron chi connectivity index (χ1n) is 6.76. The third kappa shape index (κ3) is 3.70. The van der Waals surface area contributed by atoms with E-state index in [0.29, 0.717) is 0 Å². The van der Waals surface area contributed by atoms with Crippen LogP contribution in [0.4, 0.5) is 0 Å². The highest BCUT2D eigenvalue weighted by Crippen LogP contribution is 2.21. The van der Waals surface area contributed by atoms with Crippen LogP contribution in [0, 0.1) is 6.92 Å². The zero-order valence-electron chi connectivity index (χ0n) is 12.5. The molecule has 0 aromatic carbocycles. The zero-order chi connectivity index (χ0) is 15.1. The fourth-order valence-corrected chi connectivity index (χ4v) is 2.46. The molecule has 0 bridgehead atoms. The predicted octanol–water partition coefficient (Wildman–Crippen LogP) is 5.58. The Morgan fingerprint density at radius 3 is 2.65 bits per heavy atom. The lowest BCUT2D eigenvalue weighted by atomic mass is 10.2. The molecule has 0 fully saturated rings. The summed E-state index contributed by atoms with van der Waals surface area (Å²) in [4.78, 5) is 4.67. The Hall–Kier alpha value is -1.61. The molecule has 3 heteroatoms. The summed E-state index contributed by atoms with van der Waals surface area (Å²) in [5, 5.41) is 0. The molecule has 0 saturated heterocycles. The number of aryl methyl sites for hydroxylation is 1. The zero-order valence-corrected chi connectivity index (χ0v) is 14.1. The van der Waals surface area contributed by atoms with Gasteiger partial charge in [0.2, 0.25) is 0 Å². The summed E-state index contributed by atoms with van der Waals surface area (Å²) >= 11 is 3.50. The van der Waals surface area contributed by atoms with Crippen molar-refractivity contribution in [3.8, 4) is 0 Å². The third-order valence-corrected chi connectivity index (χ3v) is 3.07. The van der Waals surface area contributed by atoms with Crippen LogP contribution in [0.1, 0.15) is 32.0 Å². The summed E-state index contributed by atoms with van der Waals surface area (Å²) in [6.45, 7) is 11.8. The molecule has 0 N–H and O–H groups in total. The Morgan fingerprint density at radius 2 is 2.05 bits per heavy atom. The number of aromatic nitrogens is 2. The maximum atomic E-state index is 4.67. The SMILES string of the molecule is C=C/C=C(\C=C/C)c1cn2cc(Br)cc(C)c2n1.CC. The molecule has 0 aliphatic carbocycles. The van der Waals surface area contributed by atoms with Crippen LogP contribution in [-0.4, -0.2) is 9.38 Å². The number of rotatable bonds is 3. The van der Waals surface area contributed by atoms with E-state index in [1.54, 1.807) is 6.08 Å². The molecule has 0 amide bonds. The summed E-state index contributed by atoms with van der Waals surface area (Å²) < 4.78 is 3.09. The first kappa shape index (κ1) is 16.4. The van der Waals surface area contributed by atoms with Crippen LogP contribution >= 0.6 is 15.9 Å². The second-order valence-electron chi connectivity index (χ2n) is 4.06. The van der Waals surface area contributed by atoms with Gasteiger partial charge in [-0.05, 0) is 41.4 Å².